The van der Waals surface area contributed by atoms with E-state index in [1.54, 1.807) is 4.98 Å². The number of aliphatic hydroxyl groups excluding tert-OH is 2. The van der Waals surface area contributed by atoms with Gasteiger partial charge < -0.3 is 35.0 Å². The molecule has 0 aliphatic carbocycles. The van der Waals surface area contributed by atoms with Crippen molar-refractivity contribution in [1.82, 2.24) is 9.97 Å². The van der Waals surface area contributed by atoms with Gasteiger partial charge in [-0.1, -0.05) is 0 Å². The van der Waals surface area contributed by atoms with E-state index in [-0.39, 0.29) is 28.6 Å². The van der Waals surface area contributed by atoms with Crippen molar-refractivity contribution in [3.8, 4) is 28.9 Å². The molecule has 0 saturated heterocycles. The predicted molar refractivity (Wildman–Crippen MR) is 197 cm³/mol. The summed E-state index contributed by atoms with van der Waals surface area (Å²) < 4.78 is 113. The number of phenolic OH excluding ortho intramolecular Hbond substituents is 2. The van der Waals surface area contributed by atoms with E-state index in [0.717, 1.165) is 30.3 Å². The highest BCUT2D eigenvalue weighted by molar-refractivity contribution is 7.86. The van der Waals surface area contributed by atoms with Crippen LogP contribution in [0.1, 0.15) is 0 Å². The predicted octanol–water partition coefficient (Wildman–Crippen LogP) is 3.06. The lowest BCUT2D eigenvalue weighted by Gasteiger charge is -2.13. The highest BCUT2D eigenvalue weighted by Crippen LogP contribution is 2.47. The molecule has 0 aliphatic heterocycles. The van der Waals surface area contributed by atoms with Crippen LogP contribution < -0.4 is 20.7 Å². The molecule has 4 aromatic carbocycles. The summed E-state index contributed by atoms with van der Waals surface area (Å²) in [6, 6.07) is 6.73. The van der Waals surface area contributed by atoms with E-state index in [9.17, 15) is 74.0 Å². The smallest absolute Gasteiger partial charge is 0.328 e. The number of nitrogens with zero attached hydrogens (tertiary/aromatic N) is 6. The lowest BCUT2D eigenvalue weighted by atomic mass is 10.1. The highest BCUT2D eigenvalue weighted by atomic mass is 32.2. The van der Waals surface area contributed by atoms with Crippen molar-refractivity contribution in [3.05, 3.63) is 69.4 Å². The number of aromatic hydroxyl groups is 3. The maximum absolute atomic E-state index is 12.4. The van der Waals surface area contributed by atoms with E-state index in [2.05, 4.69) is 30.7 Å². The largest absolute Gasteiger partial charge is 0.507 e. The molecule has 0 bridgehead atoms. The first kappa shape index (κ1) is 43.4. The van der Waals surface area contributed by atoms with Gasteiger partial charge in [0.2, 0.25) is 11.6 Å². The van der Waals surface area contributed by atoms with E-state index < -0.39 is 128 Å². The van der Waals surface area contributed by atoms with Crippen LogP contribution in [0, 0.1) is 0 Å². The average molecular weight is 883 g/mol. The zero-order valence-electron chi connectivity index (χ0n) is 29.0. The lowest BCUT2D eigenvalue weighted by molar-refractivity contribution is 0.198. The van der Waals surface area contributed by atoms with Gasteiger partial charge >= 0.3 is 5.69 Å². The Morgan fingerprint density at radius 3 is 1.69 bits per heavy atom. The first-order chi connectivity index (χ1) is 27.6. The summed E-state index contributed by atoms with van der Waals surface area (Å²) in [6.07, 6.45) is 0. The molecule has 5 rings (SSSR count). The van der Waals surface area contributed by atoms with Gasteiger partial charge in [-0.3, -0.25) is 28.4 Å². The second-order valence-electron chi connectivity index (χ2n) is 11.3. The van der Waals surface area contributed by atoms with Crippen molar-refractivity contribution in [2.45, 2.75) is 14.7 Å². The number of benzene rings is 4. The van der Waals surface area contributed by atoms with E-state index in [1.165, 1.54) is 0 Å². The molecule has 0 radical (unpaired) electrons. The highest BCUT2D eigenvalue weighted by Gasteiger charge is 2.26. The summed E-state index contributed by atoms with van der Waals surface area (Å²) in [5.74, 6) is -3.68. The van der Waals surface area contributed by atoms with Crippen LogP contribution in [0.4, 0.5) is 34.1 Å². The second-order valence-corrected chi connectivity index (χ2v) is 15.5. The summed E-state index contributed by atoms with van der Waals surface area (Å²) >= 11 is 0. The third kappa shape index (κ3) is 10.1. The van der Waals surface area contributed by atoms with Crippen LogP contribution in [0.15, 0.2) is 103 Å². The van der Waals surface area contributed by atoms with Gasteiger partial charge in [-0.15, -0.1) is 25.6 Å². The number of H-pyrrole nitrogens is 2. The van der Waals surface area contributed by atoms with Crippen LogP contribution >= 0.6 is 0 Å². The number of hydrogen-bond donors (Lipinski definition) is 10. The van der Waals surface area contributed by atoms with Crippen LogP contribution in [0.25, 0.3) is 10.8 Å². The van der Waals surface area contributed by atoms with Gasteiger partial charge in [0.05, 0.1) is 29.2 Å². The normalized spacial score (nSPS) is 12.6. The molecule has 0 unspecified atom stereocenters. The van der Waals surface area contributed by atoms with Crippen LogP contribution in [-0.2, 0) is 30.4 Å². The Labute approximate surface area is 328 Å². The molecule has 0 amide bonds. The molecule has 1 aromatic heterocycles. The molecule has 0 saturated carbocycles. The van der Waals surface area contributed by atoms with E-state index in [4.69, 9.17) is 9.47 Å². The van der Waals surface area contributed by atoms with E-state index in [1.807, 2.05) is 4.98 Å². The number of hydrogen-bond acceptors (Lipinski definition) is 21. The van der Waals surface area contributed by atoms with Gasteiger partial charge in [-0.05, 0) is 35.7 Å². The Balaban J connectivity index is 1.62. The van der Waals surface area contributed by atoms with Gasteiger partial charge in [0, 0.05) is 18.2 Å². The zero-order valence-corrected chi connectivity index (χ0v) is 31.5. The standard InChI is InChI=1S/C30H26N8O18S3/c39-3-5-55-20-12-18(36-37-25-23(59(52,53)54)8-13-7-15(57(46,47)48)10-19(41)24(13)27(25)42)21(56-6-4-40)11-17(20)35-34-16-2-1-14(9-22(16)58(49,50)51)33-38-26-28(43)31-30(45)32-29(26)44/h1-2,7-12,39-42H,3-6H2,(H,46,47,48)(H,49,50,51)(H,52,53,54)(H3,31,32,43,44,45). The third-order valence-corrected chi connectivity index (χ3v) is 9.91. The molecule has 0 fully saturated rings. The molecule has 59 heavy (non-hydrogen) atoms. The summed E-state index contributed by atoms with van der Waals surface area (Å²) in [6.45, 7) is -2.00. The number of azo groups is 3. The number of phenols is 2. The monoisotopic (exact) mass is 882 g/mol. The topological polar surface area (TPSA) is 423 Å². The van der Waals surface area contributed by atoms with Crippen LogP contribution in [-0.4, -0.2) is 101 Å². The van der Waals surface area contributed by atoms with Gasteiger partial charge in [0.15, 0.2) is 5.75 Å². The number of aromatic nitrogens is 2. The first-order valence-corrected chi connectivity index (χ1v) is 20.0. The Morgan fingerprint density at radius 1 is 0.593 bits per heavy atom. The van der Waals surface area contributed by atoms with Crippen molar-refractivity contribution >= 4 is 75.3 Å². The maximum Gasteiger partial charge on any atom is 0.328 e. The Morgan fingerprint density at radius 2 is 1.15 bits per heavy atom. The number of aliphatic hydroxyl groups is 2. The Hall–Kier alpha value is -6.73. The third-order valence-electron chi connectivity index (χ3n) is 7.32. The summed E-state index contributed by atoms with van der Waals surface area (Å²) in [5.41, 5.74) is -5.44. The summed E-state index contributed by atoms with van der Waals surface area (Å²) in [4.78, 5) is 24.0. The van der Waals surface area contributed by atoms with Gasteiger partial charge in [-0.2, -0.15) is 30.4 Å². The summed E-state index contributed by atoms with van der Waals surface area (Å²) in [7, 11) is -15.3. The molecular weight excluding hydrogens is 857 g/mol. The molecule has 1 heterocycles. The van der Waals surface area contributed by atoms with Crippen molar-refractivity contribution in [1.29, 1.82) is 0 Å². The lowest BCUT2D eigenvalue weighted by Crippen LogP contribution is -2.20. The Kier molecular flexibility index (Phi) is 12.5. The summed E-state index contributed by atoms with van der Waals surface area (Å²) in [5, 5.41) is 71.5. The molecule has 10 N–H and O–H groups in total. The van der Waals surface area contributed by atoms with Gasteiger partial charge in [0.25, 0.3) is 35.9 Å². The maximum atomic E-state index is 12.4. The fourth-order valence-corrected chi connectivity index (χ4v) is 6.69. The van der Waals surface area contributed by atoms with E-state index in [0.29, 0.717) is 18.2 Å². The van der Waals surface area contributed by atoms with Crippen LogP contribution in [0.2, 0.25) is 0 Å². The fraction of sp³-hybridized carbons (Fsp3) is 0.133. The minimum Gasteiger partial charge on any atom is -0.507 e. The second kappa shape index (κ2) is 17.0. The molecule has 0 atom stereocenters. The van der Waals surface area contributed by atoms with Gasteiger partial charge in [-0.25, -0.2) is 4.79 Å². The number of rotatable bonds is 15. The number of aromatic amines is 2. The minimum atomic E-state index is -5.29. The van der Waals surface area contributed by atoms with Crippen LogP contribution in [0.3, 0.4) is 0 Å². The quantitative estimate of drug-likeness (QED) is 0.0533. The molecule has 29 heteroatoms. The van der Waals surface area contributed by atoms with Crippen molar-refractivity contribution in [2.75, 3.05) is 26.4 Å². The molecular formula is C30H26N8O18S3. The Bertz CT molecular complexity index is 3040. The number of fused-ring (bicyclic) bond motifs is 1. The SMILES string of the molecule is O=c1[nH]c(O)c(N=Nc2ccc(N=Nc3cc(OCCO)c(N=Nc4c(S(=O)(=O)O)cc5cc(S(=O)(=O)O)cc(O)c5c4O)cc3OCCO)c(S(=O)(=O)O)c2)c(=O)[nH]1. The van der Waals surface area contributed by atoms with Crippen molar-refractivity contribution < 1.29 is 73.9 Å². The first-order valence-electron chi connectivity index (χ1n) is 15.7. The van der Waals surface area contributed by atoms with Gasteiger partial charge in [0.1, 0.15) is 63.0 Å². The fourth-order valence-electron chi connectivity index (χ4n) is 4.85. The average Bonchev–Trinajstić information content (AvgIpc) is 3.13. The van der Waals surface area contributed by atoms with Crippen LogP contribution in [0.5, 0.6) is 28.9 Å². The number of ether oxygens (including phenoxy) is 2. The molecule has 312 valence electrons. The molecule has 0 aliphatic rings. The minimum absolute atomic E-state index is 0.296. The van der Waals surface area contributed by atoms with Crippen molar-refractivity contribution in [2.24, 2.45) is 30.7 Å². The van der Waals surface area contributed by atoms with E-state index >= 15 is 0 Å². The molecule has 0 spiro atoms. The molecule has 26 nitrogen and oxygen atoms in total. The molecule has 5 aromatic rings. The zero-order chi connectivity index (χ0) is 43.4. The number of nitrogens with one attached hydrogen (secondary N) is 2. The van der Waals surface area contributed by atoms with Crippen molar-refractivity contribution in [3.63, 3.8) is 0 Å².